The first-order valence-corrected chi connectivity index (χ1v) is 19.6. The van der Waals surface area contributed by atoms with Gasteiger partial charge in [-0.1, -0.05) is 153 Å². The van der Waals surface area contributed by atoms with Gasteiger partial charge in [-0.15, -0.1) is 0 Å². The van der Waals surface area contributed by atoms with Gasteiger partial charge in [0.05, 0.1) is 24.6 Å². The second kappa shape index (κ2) is 26.4. The van der Waals surface area contributed by atoms with Crippen molar-refractivity contribution in [2.45, 2.75) is 149 Å². The third-order valence-electron chi connectivity index (χ3n) is 8.70. The van der Waals surface area contributed by atoms with Crippen molar-refractivity contribution in [1.82, 2.24) is 0 Å². The smallest absolute Gasteiger partial charge is 0.236 e. The quantitative estimate of drug-likeness (QED) is 0.0682. The highest BCUT2D eigenvalue weighted by molar-refractivity contribution is 6.31. The standard InChI is InChI=1S/C40H62Cl2N2O4/c1-4-6-8-10-12-14-16-18-20-22-28-47-37-26-24-33(41)30-35(37)43-39(45)32(3)40(46)44-36-31-34(42)25-27-38(36)48-29-23-21-19-17-15-13-11-9-7-5-2/h24-27,30-32H,4-23,28-29H2,1-3H3,(H,43,45)(H,44,46). The predicted molar refractivity (Wildman–Crippen MR) is 204 cm³/mol. The Morgan fingerprint density at radius 2 is 0.854 bits per heavy atom. The SMILES string of the molecule is CCCCCCCCCCCCOc1ccc(Cl)cc1NC(=O)C(C)C(=O)Nc1cc(Cl)ccc1OCCCCCCCCCCCC. The summed E-state index contributed by atoms with van der Waals surface area (Å²) in [5.41, 5.74) is 0.894. The fourth-order valence-electron chi connectivity index (χ4n) is 5.60. The first-order chi connectivity index (χ1) is 23.3. The molecule has 0 aliphatic carbocycles. The van der Waals surface area contributed by atoms with Crippen LogP contribution in [0.2, 0.25) is 10.0 Å². The molecule has 0 aliphatic rings. The monoisotopic (exact) mass is 704 g/mol. The van der Waals surface area contributed by atoms with Crippen molar-refractivity contribution < 1.29 is 19.1 Å². The Morgan fingerprint density at radius 1 is 0.542 bits per heavy atom. The summed E-state index contributed by atoms with van der Waals surface area (Å²) in [7, 11) is 0. The van der Waals surface area contributed by atoms with E-state index in [-0.39, 0.29) is 0 Å². The largest absolute Gasteiger partial charge is 0.491 e. The molecule has 0 atom stereocenters. The fourth-order valence-corrected chi connectivity index (χ4v) is 5.94. The van der Waals surface area contributed by atoms with Crippen LogP contribution < -0.4 is 20.1 Å². The number of amides is 2. The molecule has 270 valence electrons. The topological polar surface area (TPSA) is 76.7 Å². The van der Waals surface area contributed by atoms with E-state index in [9.17, 15) is 9.59 Å². The molecule has 2 aromatic carbocycles. The number of carbonyl (C=O) groups is 2. The number of ether oxygens (including phenoxy) is 2. The number of carbonyl (C=O) groups excluding carboxylic acids is 2. The lowest BCUT2D eigenvalue weighted by Gasteiger charge is -2.17. The minimum Gasteiger partial charge on any atom is -0.491 e. The zero-order chi connectivity index (χ0) is 34.8. The summed E-state index contributed by atoms with van der Waals surface area (Å²) in [6.45, 7) is 7.16. The van der Waals surface area contributed by atoms with Gasteiger partial charge in [0.2, 0.25) is 11.8 Å². The van der Waals surface area contributed by atoms with Crippen molar-refractivity contribution in [3.63, 3.8) is 0 Å². The Balaban J connectivity index is 1.78. The van der Waals surface area contributed by atoms with Crippen LogP contribution in [0.4, 0.5) is 11.4 Å². The van der Waals surface area contributed by atoms with Crippen LogP contribution in [0.25, 0.3) is 0 Å². The van der Waals surface area contributed by atoms with Crippen LogP contribution in [-0.4, -0.2) is 25.0 Å². The molecule has 2 N–H and O–H groups in total. The van der Waals surface area contributed by atoms with E-state index in [1.165, 1.54) is 103 Å². The molecule has 0 heterocycles. The third kappa shape index (κ3) is 18.4. The molecular weight excluding hydrogens is 643 g/mol. The molecule has 0 fully saturated rings. The van der Waals surface area contributed by atoms with E-state index in [4.69, 9.17) is 32.7 Å². The van der Waals surface area contributed by atoms with Gasteiger partial charge in [0.25, 0.3) is 0 Å². The molecule has 0 bridgehead atoms. The lowest BCUT2D eigenvalue weighted by atomic mass is 10.1. The van der Waals surface area contributed by atoms with E-state index >= 15 is 0 Å². The lowest BCUT2D eigenvalue weighted by Crippen LogP contribution is -2.32. The maximum Gasteiger partial charge on any atom is 0.236 e. The molecule has 2 amide bonds. The summed E-state index contributed by atoms with van der Waals surface area (Å²) in [6, 6.07) is 10.3. The summed E-state index contributed by atoms with van der Waals surface area (Å²) in [6.07, 6.45) is 24.9. The van der Waals surface area contributed by atoms with Gasteiger partial charge in [-0.05, 0) is 56.2 Å². The molecule has 2 aromatic rings. The van der Waals surface area contributed by atoms with E-state index < -0.39 is 17.7 Å². The first-order valence-electron chi connectivity index (χ1n) is 18.8. The molecule has 0 unspecified atom stereocenters. The molecule has 2 rings (SSSR count). The molecule has 8 heteroatoms. The van der Waals surface area contributed by atoms with Gasteiger partial charge in [0, 0.05) is 10.0 Å². The molecule has 48 heavy (non-hydrogen) atoms. The summed E-state index contributed by atoms with van der Waals surface area (Å²) < 4.78 is 12.0. The van der Waals surface area contributed by atoms with Crippen LogP contribution in [0.3, 0.4) is 0 Å². The number of benzene rings is 2. The lowest BCUT2D eigenvalue weighted by molar-refractivity contribution is -0.128. The zero-order valence-electron chi connectivity index (χ0n) is 30.0. The van der Waals surface area contributed by atoms with Crippen molar-refractivity contribution >= 4 is 46.4 Å². The van der Waals surface area contributed by atoms with Gasteiger partial charge in [0.1, 0.15) is 17.4 Å². The van der Waals surface area contributed by atoms with E-state index in [0.29, 0.717) is 46.1 Å². The van der Waals surface area contributed by atoms with Gasteiger partial charge in [0.15, 0.2) is 0 Å². The predicted octanol–water partition coefficient (Wildman–Crippen LogP) is 12.8. The third-order valence-corrected chi connectivity index (χ3v) is 9.17. The summed E-state index contributed by atoms with van der Waals surface area (Å²) in [5, 5.41) is 6.62. The molecular formula is C40H62Cl2N2O4. The normalized spacial score (nSPS) is 11.1. The van der Waals surface area contributed by atoms with E-state index in [1.54, 1.807) is 43.3 Å². The van der Waals surface area contributed by atoms with Crippen molar-refractivity contribution in [3.05, 3.63) is 46.4 Å². The van der Waals surface area contributed by atoms with Crippen LogP contribution in [0, 0.1) is 5.92 Å². The van der Waals surface area contributed by atoms with Gasteiger partial charge >= 0.3 is 0 Å². The summed E-state index contributed by atoms with van der Waals surface area (Å²) in [5.74, 6) is -0.850. The van der Waals surface area contributed by atoms with Crippen LogP contribution >= 0.6 is 23.2 Å². The van der Waals surface area contributed by atoms with Crippen molar-refractivity contribution in [1.29, 1.82) is 0 Å². The number of hydrogen-bond acceptors (Lipinski definition) is 4. The second-order valence-corrected chi connectivity index (χ2v) is 13.9. The van der Waals surface area contributed by atoms with Crippen LogP contribution in [0.1, 0.15) is 149 Å². The molecule has 6 nitrogen and oxygen atoms in total. The van der Waals surface area contributed by atoms with Crippen molar-refractivity contribution in [2.24, 2.45) is 5.92 Å². The molecule has 0 saturated carbocycles. The van der Waals surface area contributed by atoms with Gasteiger partial charge in [-0.2, -0.15) is 0 Å². The summed E-state index contributed by atoms with van der Waals surface area (Å²) in [4.78, 5) is 26.4. The highest BCUT2D eigenvalue weighted by Crippen LogP contribution is 2.31. The number of rotatable bonds is 28. The molecule has 0 saturated heterocycles. The number of nitrogens with one attached hydrogen (secondary N) is 2. The van der Waals surface area contributed by atoms with Crippen molar-refractivity contribution in [3.8, 4) is 11.5 Å². The van der Waals surface area contributed by atoms with E-state index in [2.05, 4.69) is 24.5 Å². The number of halogens is 2. The Morgan fingerprint density at radius 3 is 1.19 bits per heavy atom. The number of hydrogen-bond donors (Lipinski definition) is 2. The Hall–Kier alpha value is -2.44. The molecule has 0 radical (unpaired) electrons. The summed E-state index contributed by atoms with van der Waals surface area (Å²) >= 11 is 12.5. The highest BCUT2D eigenvalue weighted by atomic mass is 35.5. The average molecular weight is 706 g/mol. The van der Waals surface area contributed by atoms with Gasteiger partial charge in [-0.25, -0.2) is 0 Å². The van der Waals surface area contributed by atoms with Crippen LogP contribution in [0.15, 0.2) is 36.4 Å². The van der Waals surface area contributed by atoms with E-state index in [1.807, 2.05) is 0 Å². The van der Waals surface area contributed by atoms with E-state index in [0.717, 1.165) is 25.7 Å². The minimum absolute atomic E-state index is 0.447. The second-order valence-electron chi connectivity index (χ2n) is 13.0. The molecule has 0 aromatic heterocycles. The molecule has 0 spiro atoms. The Kier molecular flexibility index (Phi) is 23.0. The fraction of sp³-hybridized carbons (Fsp3) is 0.650. The highest BCUT2D eigenvalue weighted by Gasteiger charge is 2.24. The Labute approximate surface area is 301 Å². The maximum absolute atomic E-state index is 13.2. The zero-order valence-corrected chi connectivity index (χ0v) is 31.5. The first kappa shape index (κ1) is 41.7. The Bertz CT molecular complexity index is 1090. The number of anilines is 2. The van der Waals surface area contributed by atoms with Crippen molar-refractivity contribution in [2.75, 3.05) is 23.8 Å². The maximum atomic E-state index is 13.2. The van der Waals surface area contributed by atoms with Gasteiger partial charge in [-0.3, -0.25) is 9.59 Å². The molecule has 0 aliphatic heterocycles. The average Bonchev–Trinajstić information content (AvgIpc) is 3.07. The van der Waals surface area contributed by atoms with Gasteiger partial charge < -0.3 is 20.1 Å². The number of unbranched alkanes of at least 4 members (excludes halogenated alkanes) is 18. The van der Waals surface area contributed by atoms with Crippen LogP contribution in [-0.2, 0) is 9.59 Å². The van der Waals surface area contributed by atoms with Crippen LogP contribution in [0.5, 0.6) is 11.5 Å². The minimum atomic E-state index is -0.993.